The minimum absolute atomic E-state index is 0.00966. The Labute approximate surface area is 185 Å². The molecule has 0 saturated carbocycles. The van der Waals surface area contributed by atoms with Gasteiger partial charge in [0.05, 0.1) is 11.6 Å². The molecule has 32 heavy (non-hydrogen) atoms. The number of aromatic nitrogens is 3. The number of oxazole rings is 1. The van der Waals surface area contributed by atoms with E-state index in [9.17, 15) is 13.2 Å². The molecule has 0 amide bonds. The maximum absolute atomic E-state index is 15.0. The van der Waals surface area contributed by atoms with Crippen LogP contribution < -0.4 is 15.2 Å². The van der Waals surface area contributed by atoms with Crippen LogP contribution in [0.3, 0.4) is 0 Å². The number of hydrogen-bond donors (Lipinski definition) is 1. The van der Waals surface area contributed by atoms with Gasteiger partial charge in [-0.15, -0.1) is 0 Å². The van der Waals surface area contributed by atoms with Gasteiger partial charge >= 0.3 is 5.76 Å². The largest absolute Gasteiger partial charge is 0.487 e. The molecule has 4 aromatic rings. The molecule has 1 atom stereocenters. The Kier molecular flexibility index (Phi) is 4.60. The maximum atomic E-state index is 15.0. The summed E-state index contributed by atoms with van der Waals surface area (Å²) in [6.45, 7) is 3.79. The van der Waals surface area contributed by atoms with E-state index in [0.717, 1.165) is 29.2 Å². The highest BCUT2D eigenvalue weighted by molar-refractivity contribution is 7.93. The van der Waals surface area contributed by atoms with Crippen LogP contribution in [0, 0.1) is 5.82 Å². The van der Waals surface area contributed by atoms with E-state index in [2.05, 4.69) is 14.1 Å². The molecule has 1 aliphatic heterocycles. The molecule has 3 heterocycles. The van der Waals surface area contributed by atoms with Crippen LogP contribution in [-0.4, -0.2) is 27.9 Å². The first-order valence-electron chi connectivity index (χ1n) is 9.57. The summed E-state index contributed by atoms with van der Waals surface area (Å²) < 4.78 is 58.9. The van der Waals surface area contributed by atoms with Gasteiger partial charge in [0.25, 0.3) is 10.0 Å². The Hall–Kier alpha value is -3.25. The van der Waals surface area contributed by atoms with Gasteiger partial charge in [0, 0.05) is 35.6 Å². The van der Waals surface area contributed by atoms with Crippen molar-refractivity contribution >= 4 is 37.8 Å². The fraction of sp³-hybridized carbons (Fsp3) is 0.250. The third-order valence-electron chi connectivity index (χ3n) is 5.20. The summed E-state index contributed by atoms with van der Waals surface area (Å²) in [7, 11) is -4.31. The Morgan fingerprint density at radius 2 is 2.06 bits per heavy atom. The van der Waals surface area contributed by atoms with Crippen molar-refractivity contribution in [2.75, 3.05) is 4.72 Å². The van der Waals surface area contributed by atoms with Crippen LogP contribution in [0.2, 0.25) is 0 Å². The molecule has 12 heteroatoms. The molecule has 2 aromatic heterocycles. The van der Waals surface area contributed by atoms with Crippen LogP contribution in [0.5, 0.6) is 5.75 Å². The lowest BCUT2D eigenvalue weighted by Crippen LogP contribution is -2.38. The number of benzene rings is 2. The number of ether oxygens (including phenoxy) is 1. The minimum Gasteiger partial charge on any atom is -0.487 e. The predicted molar refractivity (Wildman–Crippen MR) is 115 cm³/mol. The van der Waals surface area contributed by atoms with Crippen LogP contribution in [0.25, 0.3) is 11.1 Å². The van der Waals surface area contributed by atoms with E-state index in [1.165, 1.54) is 10.9 Å². The molecule has 0 radical (unpaired) electrons. The second-order valence-corrected chi connectivity index (χ2v) is 10.4. The topological polar surface area (TPSA) is 116 Å². The van der Waals surface area contributed by atoms with E-state index in [-0.39, 0.29) is 16.2 Å². The number of sulfonamides is 1. The van der Waals surface area contributed by atoms with Gasteiger partial charge in [-0.1, -0.05) is 18.2 Å². The number of nitrogens with zero attached hydrogens (tertiary/aromatic N) is 3. The van der Waals surface area contributed by atoms with Gasteiger partial charge in [0.2, 0.25) is 5.13 Å². The number of nitrogens with one attached hydrogen (secondary N) is 1. The first kappa shape index (κ1) is 20.6. The molecule has 0 aliphatic carbocycles. The number of hydrogen-bond acceptors (Lipinski definition) is 8. The average molecular weight is 477 g/mol. The summed E-state index contributed by atoms with van der Waals surface area (Å²) >= 11 is 0.809. The van der Waals surface area contributed by atoms with Gasteiger partial charge in [-0.2, -0.15) is 4.37 Å². The van der Waals surface area contributed by atoms with Crippen molar-refractivity contribution in [3.05, 3.63) is 64.7 Å². The van der Waals surface area contributed by atoms with E-state index in [1.807, 2.05) is 32.0 Å². The molecule has 1 aliphatic rings. The molecule has 0 saturated heterocycles. The first-order chi connectivity index (χ1) is 15.1. The van der Waals surface area contributed by atoms with Crippen LogP contribution in [0.1, 0.15) is 31.9 Å². The van der Waals surface area contributed by atoms with Gasteiger partial charge in [-0.25, -0.2) is 22.6 Å². The van der Waals surface area contributed by atoms with Crippen molar-refractivity contribution in [1.82, 2.24) is 13.9 Å². The van der Waals surface area contributed by atoms with Crippen LogP contribution in [-0.2, 0) is 10.0 Å². The number of para-hydroxylation sites is 1. The fourth-order valence-electron chi connectivity index (χ4n) is 3.92. The van der Waals surface area contributed by atoms with Crippen molar-refractivity contribution < 1.29 is 22.0 Å². The van der Waals surface area contributed by atoms with E-state index in [4.69, 9.17) is 9.15 Å². The third-order valence-corrected chi connectivity index (χ3v) is 7.26. The molecule has 5 rings (SSSR count). The highest BCUT2D eigenvalue weighted by Crippen LogP contribution is 2.42. The summed E-state index contributed by atoms with van der Waals surface area (Å²) in [5, 5.41) is -0.00966. The number of fused-ring (bicyclic) bond motifs is 2. The zero-order valence-electron chi connectivity index (χ0n) is 16.9. The minimum atomic E-state index is -4.31. The molecule has 0 bridgehead atoms. The molecule has 1 unspecified atom stereocenters. The van der Waals surface area contributed by atoms with Crippen LogP contribution in [0.4, 0.5) is 9.52 Å². The molecule has 0 spiro atoms. The first-order valence-corrected chi connectivity index (χ1v) is 11.8. The third kappa shape index (κ3) is 3.45. The molecule has 1 N–H and O–H groups in total. The lowest BCUT2D eigenvalue weighted by atomic mass is 9.89. The Balaban J connectivity index is 1.65. The molecule has 166 valence electrons. The number of halogens is 1. The van der Waals surface area contributed by atoms with Crippen molar-refractivity contribution in [1.29, 1.82) is 0 Å². The van der Waals surface area contributed by atoms with Crippen molar-refractivity contribution in [2.45, 2.75) is 36.8 Å². The predicted octanol–water partition coefficient (Wildman–Crippen LogP) is 3.54. The van der Waals surface area contributed by atoms with Gasteiger partial charge in [0.15, 0.2) is 5.58 Å². The molecule has 2 aromatic carbocycles. The van der Waals surface area contributed by atoms with Gasteiger partial charge < -0.3 is 9.15 Å². The van der Waals surface area contributed by atoms with Crippen LogP contribution >= 0.6 is 11.5 Å². The summed E-state index contributed by atoms with van der Waals surface area (Å²) in [6.07, 6.45) is 1.60. The lowest BCUT2D eigenvalue weighted by molar-refractivity contribution is 0.0666. The smallest absolute Gasteiger partial charge is 0.420 e. The molecular formula is C20H17FN4O5S2. The molecular weight excluding hydrogens is 459 g/mol. The summed E-state index contributed by atoms with van der Waals surface area (Å²) in [5.41, 5.74) is 0.276. The quantitative estimate of drug-likeness (QED) is 0.479. The van der Waals surface area contributed by atoms with Crippen molar-refractivity contribution in [2.24, 2.45) is 0 Å². The summed E-state index contributed by atoms with van der Waals surface area (Å²) in [4.78, 5) is 15.9. The monoisotopic (exact) mass is 476 g/mol. The Morgan fingerprint density at radius 3 is 2.81 bits per heavy atom. The van der Waals surface area contributed by atoms with Crippen molar-refractivity contribution in [3.8, 4) is 5.75 Å². The zero-order valence-corrected chi connectivity index (χ0v) is 18.5. The number of anilines is 1. The van der Waals surface area contributed by atoms with E-state index in [1.54, 1.807) is 6.07 Å². The normalized spacial score (nSPS) is 17.7. The highest BCUT2D eigenvalue weighted by atomic mass is 32.2. The van der Waals surface area contributed by atoms with E-state index >= 15 is 4.39 Å². The average Bonchev–Trinajstić information content (AvgIpc) is 3.32. The fourth-order valence-corrected chi connectivity index (χ4v) is 5.66. The van der Waals surface area contributed by atoms with Gasteiger partial charge in [-0.3, -0.25) is 9.29 Å². The van der Waals surface area contributed by atoms with Crippen molar-refractivity contribution in [3.63, 3.8) is 0 Å². The van der Waals surface area contributed by atoms with Gasteiger partial charge in [-0.05, 0) is 19.9 Å². The lowest BCUT2D eigenvalue weighted by Gasteiger charge is -2.37. The van der Waals surface area contributed by atoms with Crippen LogP contribution in [0.15, 0.2) is 56.8 Å². The number of rotatable bonds is 4. The summed E-state index contributed by atoms with van der Waals surface area (Å²) in [5.74, 6) is -1.12. The van der Waals surface area contributed by atoms with E-state index in [0.29, 0.717) is 12.2 Å². The van der Waals surface area contributed by atoms with E-state index < -0.39 is 38.1 Å². The Morgan fingerprint density at radius 1 is 1.28 bits per heavy atom. The molecule has 9 nitrogen and oxygen atoms in total. The Bertz CT molecular complexity index is 1490. The SMILES string of the molecule is CC1(C)CC(n2c(=O)oc3cc(S(=O)(=O)Nc4ncns4)c(F)cc32)c2ccccc2O1. The summed E-state index contributed by atoms with van der Waals surface area (Å²) in [6, 6.07) is 8.82. The highest BCUT2D eigenvalue weighted by Gasteiger charge is 2.37. The maximum Gasteiger partial charge on any atom is 0.420 e. The molecule has 0 fully saturated rings. The zero-order chi connectivity index (χ0) is 22.7. The second kappa shape index (κ2) is 7.14. The second-order valence-electron chi connectivity index (χ2n) is 7.96. The standard InChI is InChI=1S/C20H17FN4O5S2/c1-20(2)9-14(11-5-3-4-6-15(11)30-20)25-13-7-12(21)17(8-16(13)29-19(25)26)32(27,28)24-18-22-10-23-31-18/h3-8,10,14H,9H2,1-2H3,(H,22,23,24). The van der Waals surface area contributed by atoms with Gasteiger partial charge in [0.1, 0.15) is 28.4 Å².